The van der Waals surface area contributed by atoms with Crippen molar-refractivity contribution >= 4 is 11.7 Å². The van der Waals surface area contributed by atoms with Gasteiger partial charge < -0.3 is 20.3 Å². The fourth-order valence-electron chi connectivity index (χ4n) is 2.68. The van der Waals surface area contributed by atoms with Gasteiger partial charge in [-0.25, -0.2) is 4.79 Å². The van der Waals surface area contributed by atoms with Crippen LogP contribution in [0.3, 0.4) is 0 Å². The number of amides is 2. The van der Waals surface area contributed by atoms with E-state index in [0.717, 1.165) is 30.9 Å². The number of hydrogen-bond acceptors (Lipinski definition) is 3. The maximum atomic E-state index is 12.1. The molecule has 3 rings (SSSR count). The molecule has 2 aliphatic heterocycles. The molecule has 2 saturated heterocycles. The molecule has 2 atom stereocenters. The van der Waals surface area contributed by atoms with Gasteiger partial charge in [0.1, 0.15) is 5.75 Å². The number of nitrogens with one attached hydrogen (secondary N) is 2. The molecule has 0 aliphatic carbocycles. The SMILES string of the molecule is COc1ccc(NC(=O)N2CC3CC2CN3)cc1. The van der Waals surface area contributed by atoms with E-state index in [4.69, 9.17) is 4.74 Å². The molecule has 0 aromatic heterocycles. The van der Waals surface area contributed by atoms with Crippen molar-refractivity contribution < 1.29 is 9.53 Å². The molecule has 2 bridgehead atoms. The van der Waals surface area contributed by atoms with Crippen LogP contribution in [0.25, 0.3) is 0 Å². The molecule has 2 aliphatic rings. The monoisotopic (exact) mass is 247 g/mol. The number of fused-ring (bicyclic) bond motifs is 2. The molecule has 1 aromatic carbocycles. The Labute approximate surface area is 106 Å². The lowest BCUT2D eigenvalue weighted by Gasteiger charge is -2.27. The highest BCUT2D eigenvalue weighted by Crippen LogP contribution is 2.24. The van der Waals surface area contributed by atoms with Gasteiger partial charge in [-0.1, -0.05) is 0 Å². The zero-order chi connectivity index (χ0) is 12.5. The van der Waals surface area contributed by atoms with Crippen LogP contribution in [0.4, 0.5) is 10.5 Å². The summed E-state index contributed by atoms with van der Waals surface area (Å²) in [6, 6.07) is 8.21. The van der Waals surface area contributed by atoms with Crippen molar-refractivity contribution in [2.24, 2.45) is 0 Å². The van der Waals surface area contributed by atoms with E-state index in [0.29, 0.717) is 12.1 Å². The second kappa shape index (κ2) is 4.49. The largest absolute Gasteiger partial charge is 0.497 e. The van der Waals surface area contributed by atoms with E-state index in [1.165, 1.54) is 0 Å². The molecule has 2 fully saturated rings. The van der Waals surface area contributed by atoms with Crippen LogP contribution < -0.4 is 15.4 Å². The van der Waals surface area contributed by atoms with Crippen molar-refractivity contribution in [1.82, 2.24) is 10.2 Å². The molecule has 1 aromatic rings. The highest BCUT2D eigenvalue weighted by Gasteiger charge is 2.40. The second-order valence-electron chi connectivity index (χ2n) is 4.81. The Kier molecular flexibility index (Phi) is 2.83. The van der Waals surface area contributed by atoms with Crippen LogP contribution in [0, 0.1) is 0 Å². The lowest BCUT2D eigenvalue weighted by atomic mass is 10.2. The number of carbonyl (C=O) groups excluding carboxylic acids is 1. The predicted molar refractivity (Wildman–Crippen MR) is 68.9 cm³/mol. The first kappa shape index (κ1) is 11.3. The number of urea groups is 1. The van der Waals surface area contributed by atoms with E-state index in [9.17, 15) is 4.79 Å². The highest BCUT2D eigenvalue weighted by atomic mass is 16.5. The summed E-state index contributed by atoms with van der Waals surface area (Å²) in [6.45, 7) is 1.73. The third-order valence-corrected chi connectivity index (χ3v) is 3.66. The zero-order valence-corrected chi connectivity index (χ0v) is 10.3. The number of rotatable bonds is 2. The Bertz CT molecular complexity index is 446. The van der Waals surface area contributed by atoms with Gasteiger partial charge >= 0.3 is 6.03 Å². The molecule has 2 N–H and O–H groups in total. The number of benzene rings is 1. The van der Waals surface area contributed by atoms with Crippen molar-refractivity contribution in [2.45, 2.75) is 18.5 Å². The number of carbonyl (C=O) groups is 1. The fourth-order valence-corrected chi connectivity index (χ4v) is 2.68. The third kappa shape index (κ3) is 2.01. The lowest BCUT2D eigenvalue weighted by molar-refractivity contribution is 0.199. The second-order valence-corrected chi connectivity index (χ2v) is 4.81. The standard InChI is InChI=1S/C13H17N3O2/c1-18-12-4-2-9(3-5-12)15-13(17)16-8-10-6-11(16)7-14-10/h2-5,10-11,14H,6-8H2,1H3,(H,15,17). The topological polar surface area (TPSA) is 53.6 Å². The Morgan fingerprint density at radius 1 is 1.44 bits per heavy atom. The smallest absolute Gasteiger partial charge is 0.322 e. The van der Waals surface area contributed by atoms with Crippen LogP contribution >= 0.6 is 0 Å². The molecule has 2 unspecified atom stereocenters. The van der Waals surface area contributed by atoms with Gasteiger partial charge in [0.25, 0.3) is 0 Å². The number of ether oxygens (including phenoxy) is 1. The first-order valence-electron chi connectivity index (χ1n) is 6.21. The summed E-state index contributed by atoms with van der Waals surface area (Å²) in [5, 5.41) is 6.31. The molecular weight excluding hydrogens is 230 g/mol. The molecule has 2 heterocycles. The molecule has 0 saturated carbocycles. The van der Waals surface area contributed by atoms with Crippen LogP contribution in [-0.4, -0.2) is 43.2 Å². The third-order valence-electron chi connectivity index (χ3n) is 3.66. The van der Waals surface area contributed by atoms with Gasteiger partial charge in [-0.05, 0) is 30.7 Å². The Hall–Kier alpha value is -1.75. The number of anilines is 1. The minimum atomic E-state index is -0.00540. The predicted octanol–water partition coefficient (Wildman–Crippen LogP) is 1.27. The average molecular weight is 247 g/mol. The molecule has 18 heavy (non-hydrogen) atoms. The summed E-state index contributed by atoms with van der Waals surface area (Å²) in [5.74, 6) is 0.789. The van der Waals surface area contributed by atoms with Gasteiger partial charge in [-0.15, -0.1) is 0 Å². The van der Waals surface area contributed by atoms with Crippen molar-refractivity contribution in [1.29, 1.82) is 0 Å². The van der Waals surface area contributed by atoms with E-state index >= 15 is 0 Å². The maximum Gasteiger partial charge on any atom is 0.322 e. The summed E-state index contributed by atoms with van der Waals surface area (Å²) >= 11 is 0. The van der Waals surface area contributed by atoms with Crippen LogP contribution in [0.2, 0.25) is 0 Å². The van der Waals surface area contributed by atoms with Crippen molar-refractivity contribution in [2.75, 3.05) is 25.5 Å². The van der Waals surface area contributed by atoms with Crippen LogP contribution in [0.15, 0.2) is 24.3 Å². The van der Waals surface area contributed by atoms with Crippen molar-refractivity contribution in [3.05, 3.63) is 24.3 Å². The summed E-state index contributed by atoms with van der Waals surface area (Å²) < 4.78 is 5.08. The molecule has 5 heteroatoms. The van der Waals surface area contributed by atoms with Gasteiger partial charge in [-0.2, -0.15) is 0 Å². The molecule has 96 valence electrons. The van der Waals surface area contributed by atoms with Gasteiger partial charge in [-0.3, -0.25) is 0 Å². The number of likely N-dealkylation sites (tertiary alicyclic amines) is 1. The molecule has 2 amide bonds. The van der Waals surface area contributed by atoms with E-state index in [1.54, 1.807) is 7.11 Å². The maximum absolute atomic E-state index is 12.1. The number of nitrogens with zero attached hydrogens (tertiary/aromatic N) is 1. The van der Waals surface area contributed by atoms with E-state index in [-0.39, 0.29) is 6.03 Å². The number of methoxy groups -OCH3 is 1. The van der Waals surface area contributed by atoms with E-state index in [2.05, 4.69) is 10.6 Å². The van der Waals surface area contributed by atoms with Crippen molar-refractivity contribution in [3.63, 3.8) is 0 Å². The Morgan fingerprint density at radius 2 is 2.22 bits per heavy atom. The van der Waals surface area contributed by atoms with Gasteiger partial charge in [0.15, 0.2) is 0 Å². The molecular formula is C13H17N3O2. The highest BCUT2D eigenvalue weighted by molar-refractivity contribution is 5.90. The van der Waals surface area contributed by atoms with Crippen molar-refractivity contribution in [3.8, 4) is 5.75 Å². The molecule has 0 spiro atoms. The van der Waals surface area contributed by atoms with E-state index in [1.807, 2.05) is 29.2 Å². The summed E-state index contributed by atoms with van der Waals surface area (Å²) in [7, 11) is 1.63. The first-order chi connectivity index (χ1) is 8.76. The molecule has 0 radical (unpaired) electrons. The van der Waals surface area contributed by atoms with Gasteiger partial charge in [0.2, 0.25) is 0 Å². The Morgan fingerprint density at radius 3 is 2.78 bits per heavy atom. The minimum Gasteiger partial charge on any atom is -0.497 e. The Balaban J connectivity index is 1.63. The van der Waals surface area contributed by atoms with Crippen LogP contribution in [-0.2, 0) is 0 Å². The minimum absolute atomic E-state index is 0.00540. The van der Waals surface area contributed by atoms with Crippen LogP contribution in [0.1, 0.15) is 6.42 Å². The van der Waals surface area contributed by atoms with Gasteiger partial charge in [0, 0.05) is 30.9 Å². The summed E-state index contributed by atoms with van der Waals surface area (Å²) in [4.78, 5) is 14.0. The average Bonchev–Trinajstić information content (AvgIpc) is 3.02. The molecule has 5 nitrogen and oxygen atoms in total. The first-order valence-corrected chi connectivity index (χ1v) is 6.21. The zero-order valence-electron chi connectivity index (χ0n) is 10.3. The normalized spacial score (nSPS) is 25.3. The fraction of sp³-hybridized carbons (Fsp3) is 0.462. The van der Waals surface area contributed by atoms with Crippen LogP contribution in [0.5, 0.6) is 5.75 Å². The number of piperazine rings is 1. The van der Waals surface area contributed by atoms with Gasteiger partial charge in [0.05, 0.1) is 7.11 Å². The number of hydrogen-bond donors (Lipinski definition) is 2. The summed E-state index contributed by atoms with van der Waals surface area (Å²) in [5.41, 5.74) is 0.802. The lowest BCUT2D eigenvalue weighted by Crippen LogP contribution is -2.48. The quantitative estimate of drug-likeness (QED) is 0.827. The van der Waals surface area contributed by atoms with E-state index < -0.39 is 0 Å². The summed E-state index contributed by atoms with van der Waals surface area (Å²) in [6.07, 6.45) is 1.08.